The predicted molar refractivity (Wildman–Crippen MR) is 142 cm³/mol. The molecule has 0 saturated heterocycles. The van der Waals surface area contributed by atoms with E-state index in [0.717, 1.165) is 41.7 Å². The molecule has 5 atom stereocenters. The quantitative estimate of drug-likeness (QED) is 0.425. The van der Waals surface area contributed by atoms with Crippen LogP contribution in [0.5, 0.6) is 11.5 Å². The van der Waals surface area contributed by atoms with Crippen LogP contribution in [0.3, 0.4) is 0 Å². The highest BCUT2D eigenvalue weighted by atomic mass is 32.2. The number of nitrogens with two attached hydrogens (primary N) is 1. The number of ether oxygens (including phenoxy) is 2. The van der Waals surface area contributed by atoms with Gasteiger partial charge in [0.05, 0.1) is 26.0 Å². The summed E-state index contributed by atoms with van der Waals surface area (Å²) in [7, 11) is -0.786. The van der Waals surface area contributed by atoms with E-state index in [9.17, 15) is 8.42 Å². The van der Waals surface area contributed by atoms with Crippen LogP contribution in [-0.2, 0) is 25.9 Å². The van der Waals surface area contributed by atoms with E-state index in [2.05, 4.69) is 28.5 Å². The average Bonchev–Trinajstić information content (AvgIpc) is 3.50. The Kier molecular flexibility index (Phi) is 6.51. The Labute approximate surface area is 226 Å². The third-order valence-electron chi connectivity index (χ3n) is 9.02. The van der Waals surface area contributed by atoms with Gasteiger partial charge in [-0.15, -0.1) is 0 Å². The van der Waals surface area contributed by atoms with E-state index in [4.69, 9.17) is 28.3 Å². The molecule has 208 valence electrons. The summed E-state index contributed by atoms with van der Waals surface area (Å²) in [5.74, 6) is 2.06. The molecule has 1 heterocycles. The fourth-order valence-electron chi connectivity index (χ4n) is 7.20. The summed E-state index contributed by atoms with van der Waals surface area (Å²) in [5, 5.41) is 17.6. The molecule has 3 aliphatic rings. The molecule has 2 saturated carbocycles. The van der Waals surface area contributed by atoms with Crippen LogP contribution in [0.25, 0.3) is 11.0 Å². The lowest BCUT2D eigenvalue weighted by Crippen LogP contribution is -2.46. The summed E-state index contributed by atoms with van der Waals surface area (Å²) in [6.45, 7) is 2.40. The highest BCUT2D eigenvalue weighted by Crippen LogP contribution is 2.62. The second kappa shape index (κ2) is 9.76. The molecule has 0 spiro atoms. The van der Waals surface area contributed by atoms with Crippen molar-refractivity contribution in [1.82, 2.24) is 10.3 Å². The highest BCUT2D eigenvalue weighted by molar-refractivity contribution is 7.84. The standard InChI is InChI=1S/C27H32N4O7S/c1-27-9-8-16-17-12-24(34-2)25(35-3)13-19(17)22(11-18(16)20(27)5-7-26(27)37-39(28,32)33)29-36-14-15-4-6-21-23(10-15)31-38-30-21/h4,6,10,12-13,16,18,20,26H,5,7-9,11,14H2,1-3H3,(H2,28,32,33)/b29-22+. The summed E-state index contributed by atoms with van der Waals surface area (Å²) >= 11 is 0. The topological polar surface area (TPSA) is 148 Å². The van der Waals surface area contributed by atoms with Crippen molar-refractivity contribution in [2.45, 2.75) is 57.7 Å². The van der Waals surface area contributed by atoms with Crippen molar-refractivity contribution in [2.24, 2.45) is 27.5 Å². The summed E-state index contributed by atoms with van der Waals surface area (Å²) in [4.78, 5) is 5.89. The van der Waals surface area contributed by atoms with Gasteiger partial charge in [-0.25, -0.2) is 9.77 Å². The highest BCUT2D eigenvalue weighted by Gasteiger charge is 2.57. The summed E-state index contributed by atoms with van der Waals surface area (Å²) < 4.78 is 45.1. The van der Waals surface area contributed by atoms with Gasteiger partial charge in [-0.2, -0.15) is 8.42 Å². The largest absolute Gasteiger partial charge is 0.493 e. The molecule has 2 N–H and O–H groups in total. The number of benzene rings is 2. The van der Waals surface area contributed by atoms with E-state index in [1.165, 1.54) is 0 Å². The maximum Gasteiger partial charge on any atom is 0.333 e. The molecule has 3 aromatic rings. The normalized spacial score (nSPS) is 29.1. The number of aromatic nitrogens is 2. The van der Waals surface area contributed by atoms with E-state index in [0.29, 0.717) is 35.4 Å². The van der Waals surface area contributed by atoms with Crippen molar-refractivity contribution in [3.63, 3.8) is 0 Å². The molecule has 0 amide bonds. The van der Waals surface area contributed by atoms with Crippen LogP contribution in [0.2, 0.25) is 0 Å². The van der Waals surface area contributed by atoms with Gasteiger partial charge in [0.15, 0.2) is 11.5 Å². The molecular weight excluding hydrogens is 524 g/mol. The fraction of sp³-hybridized carbons (Fsp3) is 0.519. The Morgan fingerprint density at radius 2 is 1.85 bits per heavy atom. The fourth-order valence-corrected chi connectivity index (χ4v) is 7.84. The van der Waals surface area contributed by atoms with E-state index < -0.39 is 16.4 Å². The minimum atomic E-state index is -4.04. The molecule has 11 nitrogen and oxygen atoms in total. The molecule has 3 aliphatic carbocycles. The van der Waals surface area contributed by atoms with E-state index in [1.54, 1.807) is 14.2 Å². The van der Waals surface area contributed by atoms with Crippen LogP contribution in [-0.4, -0.2) is 44.8 Å². The van der Waals surface area contributed by atoms with Crippen LogP contribution in [0.4, 0.5) is 0 Å². The van der Waals surface area contributed by atoms with Gasteiger partial charge in [0.25, 0.3) is 0 Å². The minimum absolute atomic E-state index is 0.239. The zero-order valence-corrected chi connectivity index (χ0v) is 22.9. The molecule has 39 heavy (non-hydrogen) atoms. The first kappa shape index (κ1) is 26.0. The molecule has 5 unspecified atom stereocenters. The number of hydrogen-bond acceptors (Lipinski definition) is 10. The monoisotopic (exact) mass is 556 g/mol. The van der Waals surface area contributed by atoms with E-state index in [1.807, 2.05) is 24.3 Å². The number of oxime groups is 1. The number of fused-ring (bicyclic) bond motifs is 6. The summed E-state index contributed by atoms with van der Waals surface area (Å²) in [6.07, 6.45) is 3.52. The average molecular weight is 557 g/mol. The van der Waals surface area contributed by atoms with Crippen molar-refractivity contribution >= 4 is 27.0 Å². The molecule has 0 bridgehead atoms. The SMILES string of the molecule is COc1cc2c(cc1OC)C1CCC3(C)C(OS(N)(=O)=O)CCC3C1C/C2=N\OCc1ccc2nonc2c1. The summed E-state index contributed by atoms with van der Waals surface area (Å²) in [5.41, 5.74) is 4.91. The maximum absolute atomic E-state index is 11.8. The van der Waals surface area contributed by atoms with Crippen LogP contribution in [0, 0.1) is 17.3 Å². The van der Waals surface area contributed by atoms with Gasteiger partial charge in [0.1, 0.15) is 17.6 Å². The second-order valence-electron chi connectivity index (χ2n) is 11.0. The zero-order chi connectivity index (χ0) is 27.4. The van der Waals surface area contributed by atoms with Crippen molar-refractivity contribution in [3.8, 4) is 11.5 Å². The maximum atomic E-state index is 11.8. The third-order valence-corrected chi connectivity index (χ3v) is 9.52. The lowest BCUT2D eigenvalue weighted by molar-refractivity contribution is -0.00265. The lowest BCUT2D eigenvalue weighted by Gasteiger charge is -2.50. The molecule has 2 fully saturated rings. The molecule has 0 radical (unpaired) electrons. The Hall–Kier alpha value is -3.22. The number of methoxy groups -OCH3 is 2. The molecule has 0 aliphatic heterocycles. The van der Waals surface area contributed by atoms with Crippen molar-refractivity contribution in [2.75, 3.05) is 14.2 Å². The number of rotatable bonds is 7. The van der Waals surface area contributed by atoms with E-state index in [-0.39, 0.29) is 29.8 Å². The van der Waals surface area contributed by atoms with Gasteiger partial charge in [-0.05, 0) is 101 Å². The Bertz CT molecular complexity index is 1540. The van der Waals surface area contributed by atoms with Crippen molar-refractivity contribution in [3.05, 3.63) is 47.0 Å². The first-order valence-electron chi connectivity index (χ1n) is 13.1. The molecule has 12 heteroatoms. The van der Waals surface area contributed by atoms with Gasteiger partial charge in [0, 0.05) is 5.56 Å². The lowest BCUT2D eigenvalue weighted by atomic mass is 9.55. The van der Waals surface area contributed by atoms with Gasteiger partial charge in [-0.3, -0.25) is 4.18 Å². The first-order chi connectivity index (χ1) is 18.7. The van der Waals surface area contributed by atoms with Crippen molar-refractivity contribution < 1.29 is 31.5 Å². The Balaban J connectivity index is 1.34. The Morgan fingerprint density at radius 3 is 2.62 bits per heavy atom. The van der Waals surface area contributed by atoms with Crippen LogP contribution >= 0.6 is 0 Å². The molecule has 1 aromatic heterocycles. The first-order valence-corrected chi connectivity index (χ1v) is 14.5. The molecular formula is C27H32N4O7S. The van der Waals surface area contributed by atoms with Gasteiger partial charge in [-0.1, -0.05) is 18.1 Å². The van der Waals surface area contributed by atoms with Gasteiger partial charge < -0.3 is 14.3 Å². The Morgan fingerprint density at radius 1 is 1.08 bits per heavy atom. The van der Waals surface area contributed by atoms with Crippen LogP contribution in [0.15, 0.2) is 40.1 Å². The molecule has 2 aromatic carbocycles. The van der Waals surface area contributed by atoms with Gasteiger partial charge >= 0.3 is 10.3 Å². The zero-order valence-electron chi connectivity index (χ0n) is 22.1. The molecule has 6 rings (SSSR count). The predicted octanol–water partition coefficient (Wildman–Crippen LogP) is 4.06. The second-order valence-corrected chi connectivity index (χ2v) is 12.2. The van der Waals surface area contributed by atoms with Crippen LogP contribution < -0.4 is 14.6 Å². The minimum Gasteiger partial charge on any atom is -0.493 e. The van der Waals surface area contributed by atoms with Crippen LogP contribution in [0.1, 0.15) is 61.6 Å². The number of hydrogen-bond donors (Lipinski definition) is 1. The summed E-state index contributed by atoms with van der Waals surface area (Å²) in [6, 6.07) is 9.64. The van der Waals surface area contributed by atoms with E-state index >= 15 is 0 Å². The number of nitrogens with zero attached hydrogens (tertiary/aromatic N) is 3. The van der Waals surface area contributed by atoms with Gasteiger partial charge in [0.2, 0.25) is 0 Å². The third kappa shape index (κ3) is 4.64. The smallest absolute Gasteiger partial charge is 0.333 e. The van der Waals surface area contributed by atoms with Crippen molar-refractivity contribution in [1.29, 1.82) is 0 Å².